The van der Waals surface area contributed by atoms with Gasteiger partial charge in [-0.2, -0.15) is 13.1 Å². The van der Waals surface area contributed by atoms with Crippen LogP contribution in [0.4, 0.5) is 0 Å². The SMILES string of the molecule is CCNS(=O)(=O)NCc1cc2cc(C)c(C)cc2[nH]c1=O. The lowest BCUT2D eigenvalue weighted by molar-refractivity contribution is 0.568. The van der Waals surface area contributed by atoms with Crippen molar-refractivity contribution in [2.75, 3.05) is 6.54 Å². The number of aromatic nitrogens is 1. The highest BCUT2D eigenvalue weighted by atomic mass is 32.2. The summed E-state index contributed by atoms with van der Waals surface area (Å²) in [6, 6.07) is 5.61. The highest BCUT2D eigenvalue weighted by Gasteiger charge is 2.10. The van der Waals surface area contributed by atoms with Crippen LogP contribution in [0.2, 0.25) is 0 Å². The van der Waals surface area contributed by atoms with E-state index >= 15 is 0 Å². The normalized spacial score (nSPS) is 12.0. The van der Waals surface area contributed by atoms with E-state index in [0.717, 1.165) is 22.0 Å². The Morgan fingerprint density at radius 1 is 1.10 bits per heavy atom. The molecule has 1 aromatic heterocycles. The van der Waals surface area contributed by atoms with Gasteiger partial charge in [-0.25, -0.2) is 4.72 Å². The first-order valence-corrected chi connectivity index (χ1v) is 8.18. The molecule has 0 bridgehead atoms. The number of pyridine rings is 1. The fourth-order valence-electron chi connectivity index (χ4n) is 2.07. The molecule has 6 nitrogen and oxygen atoms in total. The molecule has 21 heavy (non-hydrogen) atoms. The zero-order valence-corrected chi connectivity index (χ0v) is 13.1. The minimum Gasteiger partial charge on any atom is -0.322 e. The van der Waals surface area contributed by atoms with Crippen LogP contribution in [-0.2, 0) is 16.8 Å². The van der Waals surface area contributed by atoms with Crippen LogP contribution in [0.25, 0.3) is 10.9 Å². The molecule has 7 heteroatoms. The lowest BCUT2D eigenvalue weighted by Gasteiger charge is -2.08. The van der Waals surface area contributed by atoms with E-state index in [-0.39, 0.29) is 12.1 Å². The topological polar surface area (TPSA) is 91.1 Å². The van der Waals surface area contributed by atoms with Gasteiger partial charge in [-0.3, -0.25) is 4.79 Å². The Labute approximate surface area is 123 Å². The molecule has 0 aliphatic heterocycles. The second kappa shape index (κ2) is 5.97. The number of fused-ring (bicyclic) bond motifs is 1. The summed E-state index contributed by atoms with van der Waals surface area (Å²) in [5.41, 5.74) is 3.06. The van der Waals surface area contributed by atoms with Crippen LogP contribution in [0, 0.1) is 13.8 Å². The molecule has 0 fully saturated rings. The monoisotopic (exact) mass is 309 g/mol. The highest BCUT2D eigenvalue weighted by Crippen LogP contribution is 2.17. The van der Waals surface area contributed by atoms with Crippen LogP contribution in [-0.4, -0.2) is 19.9 Å². The van der Waals surface area contributed by atoms with E-state index in [1.807, 2.05) is 26.0 Å². The fourth-order valence-corrected chi connectivity index (χ4v) is 2.89. The number of aromatic amines is 1. The van der Waals surface area contributed by atoms with Crippen LogP contribution in [0.1, 0.15) is 23.6 Å². The summed E-state index contributed by atoms with van der Waals surface area (Å²) in [5.74, 6) is 0. The summed E-state index contributed by atoms with van der Waals surface area (Å²) in [6.07, 6.45) is 0. The van der Waals surface area contributed by atoms with Crippen molar-refractivity contribution in [3.63, 3.8) is 0 Å². The number of H-pyrrole nitrogens is 1. The van der Waals surface area contributed by atoms with Crippen LogP contribution in [0.3, 0.4) is 0 Å². The quantitative estimate of drug-likeness (QED) is 0.772. The molecule has 0 unspecified atom stereocenters. The third-order valence-corrected chi connectivity index (χ3v) is 4.52. The fraction of sp³-hybridized carbons (Fsp3) is 0.357. The zero-order valence-electron chi connectivity index (χ0n) is 12.3. The summed E-state index contributed by atoms with van der Waals surface area (Å²) in [6.45, 7) is 5.90. The smallest absolute Gasteiger partial charge is 0.277 e. The van der Waals surface area contributed by atoms with Gasteiger partial charge in [-0.1, -0.05) is 6.92 Å². The Morgan fingerprint density at radius 2 is 1.76 bits per heavy atom. The highest BCUT2D eigenvalue weighted by molar-refractivity contribution is 7.87. The van der Waals surface area contributed by atoms with E-state index in [9.17, 15) is 13.2 Å². The number of hydrogen-bond acceptors (Lipinski definition) is 3. The van der Waals surface area contributed by atoms with E-state index in [2.05, 4.69) is 14.4 Å². The summed E-state index contributed by atoms with van der Waals surface area (Å²) >= 11 is 0. The molecule has 1 heterocycles. The number of nitrogens with one attached hydrogen (secondary N) is 3. The van der Waals surface area contributed by atoms with Gasteiger partial charge in [-0.15, -0.1) is 0 Å². The van der Waals surface area contributed by atoms with Crippen LogP contribution in [0.15, 0.2) is 23.0 Å². The second-order valence-corrected chi connectivity index (χ2v) is 6.55. The molecule has 2 aromatic rings. The molecule has 0 aliphatic carbocycles. The van der Waals surface area contributed by atoms with Crippen LogP contribution in [0.5, 0.6) is 0 Å². The average molecular weight is 309 g/mol. The molecule has 3 N–H and O–H groups in total. The minimum absolute atomic E-state index is 0.0481. The first-order chi connectivity index (χ1) is 9.82. The maximum Gasteiger partial charge on any atom is 0.277 e. The maximum absolute atomic E-state index is 12.0. The molecule has 2 rings (SSSR count). The molecule has 0 amide bonds. The van der Waals surface area contributed by atoms with Crippen molar-refractivity contribution >= 4 is 21.1 Å². The predicted octanol–water partition coefficient (Wildman–Crippen LogP) is 1.09. The van der Waals surface area contributed by atoms with E-state index in [0.29, 0.717) is 12.1 Å². The summed E-state index contributed by atoms with van der Waals surface area (Å²) < 4.78 is 27.7. The van der Waals surface area contributed by atoms with Gasteiger partial charge in [0, 0.05) is 24.2 Å². The molecule has 114 valence electrons. The van der Waals surface area contributed by atoms with Gasteiger partial charge in [0.2, 0.25) is 0 Å². The zero-order chi connectivity index (χ0) is 15.6. The molecule has 0 radical (unpaired) electrons. The molecule has 0 atom stereocenters. The van der Waals surface area contributed by atoms with E-state index < -0.39 is 10.2 Å². The first-order valence-electron chi connectivity index (χ1n) is 6.70. The van der Waals surface area contributed by atoms with Crippen molar-refractivity contribution in [2.45, 2.75) is 27.3 Å². The van der Waals surface area contributed by atoms with Gasteiger partial charge in [0.15, 0.2) is 0 Å². The number of hydrogen-bond donors (Lipinski definition) is 3. The van der Waals surface area contributed by atoms with Crippen molar-refractivity contribution in [3.8, 4) is 0 Å². The van der Waals surface area contributed by atoms with Crippen molar-refractivity contribution < 1.29 is 8.42 Å². The lowest BCUT2D eigenvalue weighted by Crippen LogP contribution is -2.37. The second-order valence-electron chi connectivity index (χ2n) is 4.97. The van der Waals surface area contributed by atoms with Crippen molar-refractivity contribution in [1.82, 2.24) is 14.4 Å². The van der Waals surface area contributed by atoms with Crippen LogP contribution < -0.4 is 15.0 Å². The predicted molar refractivity (Wildman–Crippen MR) is 83.5 cm³/mol. The maximum atomic E-state index is 12.0. The molecule has 0 spiro atoms. The summed E-state index contributed by atoms with van der Waals surface area (Å²) in [5, 5.41) is 0.885. The standard InChI is InChI=1S/C14H19N3O3S/c1-4-15-21(19,20)16-8-12-7-11-5-9(2)10(3)6-13(11)17-14(12)18/h5-7,15-16H,4,8H2,1-3H3,(H,17,18). The number of benzene rings is 1. The minimum atomic E-state index is -3.57. The Balaban J connectivity index is 2.35. The van der Waals surface area contributed by atoms with Gasteiger partial charge < -0.3 is 4.98 Å². The van der Waals surface area contributed by atoms with Gasteiger partial charge in [0.1, 0.15) is 0 Å². The van der Waals surface area contributed by atoms with E-state index in [1.54, 1.807) is 13.0 Å². The first kappa shape index (κ1) is 15.7. The number of rotatable bonds is 5. The molecular weight excluding hydrogens is 290 g/mol. The Bertz CT molecular complexity index is 825. The van der Waals surface area contributed by atoms with Crippen molar-refractivity contribution in [1.29, 1.82) is 0 Å². The molecule has 0 aliphatic rings. The largest absolute Gasteiger partial charge is 0.322 e. The van der Waals surface area contributed by atoms with Gasteiger partial charge in [0.25, 0.3) is 15.8 Å². The third-order valence-electron chi connectivity index (χ3n) is 3.32. The molecule has 1 aromatic carbocycles. The third kappa shape index (κ3) is 3.69. The van der Waals surface area contributed by atoms with Crippen molar-refractivity contribution in [3.05, 3.63) is 45.2 Å². The number of aryl methyl sites for hydroxylation is 2. The Kier molecular flexibility index (Phi) is 4.46. The summed E-state index contributed by atoms with van der Waals surface area (Å²) in [4.78, 5) is 14.8. The lowest BCUT2D eigenvalue weighted by atomic mass is 10.1. The van der Waals surface area contributed by atoms with Gasteiger partial charge >= 0.3 is 0 Å². The van der Waals surface area contributed by atoms with Crippen molar-refractivity contribution in [2.24, 2.45) is 0 Å². The van der Waals surface area contributed by atoms with Gasteiger partial charge in [0.05, 0.1) is 0 Å². The molecule has 0 saturated heterocycles. The van der Waals surface area contributed by atoms with E-state index in [1.165, 1.54) is 0 Å². The average Bonchev–Trinajstić information content (AvgIpc) is 2.38. The molecular formula is C14H19N3O3S. The Morgan fingerprint density at radius 3 is 2.43 bits per heavy atom. The molecule has 0 saturated carbocycles. The van der Waals surface area contributed by atoms with E-state index in [4.69, 9.17) is 0 Å². The Hall–Kier alpha value is -1.70. The van der Waals surface area contributed by atoms with Gasteiger partial charge in [-0.05, 0) is 48.6 Å². The van der Waals surface area contributed by atoms with Crippen LogP contribution >= 0.6 is 0 Å². The summed E-state index contributed by atoms with van der Waals surface area (Å²) in [7, 11) is -3.57.